The third-order valence-electron chi connectivity index (χ3n) is 4.65. The van der Waals surface area contributed by atoms with E-state index < -0.39 is 10.0 Å². The van der Waals surface area contributed by atoms with E-state index in [0.29, 0.717) is 48.0 Å². The first-order chi connectivity index (χ1) is 12.8. The highest BCUT2D eigenvalue weighted by Gasteiger charge is 2.27. The Labute approximate surface area is 164 Å². The average molecular weight is 408 g/mol. The number of likely N-dealkylation sites (N-methyl/N-ethyl adjacent to an activating group) is 1. The Hall–Kier alpha value is -1.93. The molecule has 0 aromatic heterocycles. The lowest BCUT2D eigenvalue weighted by Crippen LogP contribution is -2.47. The Balaban J connectivity index is 1.77. The van der Waals surface area contributed by atoms with E-state index in [2.05, 4.69) is 10.2 Å². The molecule has 0 radical (unpaired) electrons. The fraction of sp³-hybridized carbons (Fsp3) is 0.316. The third-order valence-corrected chi connectivity index (χ3v) is 6.80. The normalized spacial score (nSPS) is 16.3. The number of hydrogen-bond acceptors (Lipinski definition) is 4. The number of anilines is 1. The van der Waals surface area contributed by atoms with Crippen molar-refractivity contribution in [1.29, 1.82) is 0 Å². The van der Waals surface area contributed by atoms with Crippen LogP contribution in [-0.2, 0) is 10.0 Å². The average Bonchev–Trinajstić information content (AvgIpc) is 2.64. The van der Waals surface area contributed by atoms with Gasteiger partial charge in [0, 0.05) is 42.5 Å². The van der Waals surface area contributed by atoms with Crippen LogP contribution in [-0.4, -0.2) is 56.8 Å². The molecule has 0 saturated carbocycles. The van der Waals surface area contributed by atoms with Crippen LogP contribution < -0.4 is 5.32 Å². The smallest absolute Gasteiger partial charge is 0.255 e. The molecule has 27 heavy (non-hydrogen) atoms. The van der Waals surface area contributed by atoms with Gasteiger partial charge >= 0.3 is 0 Å². The van der Waals surface area contributed by atoms with E-state index in [1.807, 2.05) is 7.05 Å². The van der Waals surface area contributed by atoms with Crippen LogP contribution in [0.25, 0.3) is 0 Å². The first-order valence-corrected chi connectivity index (χ1v) is 10.5. The summed E-state index contributed by atoms with van der Waals surface area (Å²) in [4.78, 5) is 14.7. The number of piperazine rings is 1. The summed E-state index contributed by atoms with van der Waals surface area (Å²) in [5, 5.41) is 3.37. The lowest BCUT2D eigenvalue weighted by molar-refractivity contribution is 0.102. The molecule has 1 saturated heterocycles. The molecular weight excluding hydrogens is 386 g/mol. The number of nitrogens with one attached hydrogen (secondary N) is 1. The molecule has 8 heteroatoms. The molecule has 1 heterocycles. The predicted octanol–water partition coefficient (Wildman–Crippen LogP) is 2.84. The molecule has 6 nitrogen and oxygen atoms in total. The van der Waals surface area contributed by atoms with Crippen LogP contribution in [0.1, 0.15) is 15.9 Å². The van der Waals surface area contributed by atoms with E-state index in [1.165, 1.54) is 10.4 Å². The van der Waals surface area contributed by atoms with Crippen molar-refractivity contribution in [2.45, 2.75) is 11.8 Å². The lowest BCUT2D eigenvalue weighted by atomic mass is 10.1. The number of sulfonamides is 1. The first-order valence-electron chi connectivity index (χ1n) is 8.63. The summed E-state index contributed by atoms with van der Waals surface area (Å²) in [6.45, 7) is 4.17. The van der Waals surface area contributed by atoms with Crippen LogP contribution in [0, 0.1) is 6.92 Å². The minimum atomic E-state index is -3.53. The zero-order chi connectivity index (χ0) is 19.6. The molecule has 1 aliphatic rings. The van der Waals surface area contributed by atoms with Crippen molar-refractivity contribution in [3.63, 3.8) is 0 Å². The van der Waals surface area contributed by atoms with Gasteiger partial charge in [0.15, 0.2) is 0 Å². The van der Waals surface area contributed by atoms with Crippen molar-refractivity contribution in [2.24, 2.45) is 0 Å². The van der Waals surface area contributed by atoms with Crippen LogP contribution in [0.15, 0.2) is 47.4 Å². The number of aryl methyl sites for hydroxylation is 1. The molecule has 0 bridgehead atoms. The number of halogens is 1. The SMILES string of the molecule is Cc1cc(S(=O)(=O)N2CCN(C)CC2)ccc1NC(=O)c1ccc(Cl)cc1. The monoisotopic (exact) mass is 407 g/mol. The van der Waals surface area contributed by atoms with E-state index >= 15 is 0 Å². The van der Waals surface area contributed by atoms with Crippen molar-refractivity contribution in [3.8, 4) is 0 Å². The fourth-order valence-corrected chi connectivity index (χ4v) is 4.54. The molecule has 0 unspecified atom stereocenters. The Kier molecular flexibility index (Phi) is 5.86. The highest BCUT2D eigenvalue weighted by atomic mass is 35.5. The van der Waals surface area contributed by atoms with Crippen molar-refractivity contribution in [3.05, 3.63) is 58.6 Å². The van der Waals surface area contributed by atoms with E-state index in [1.54, 1.807) is 43.3 Å². The van der Waals surface area contributed by atoms with Crippen molar-refractivity contribution in [2.75, 3.05) is 38.5 Å². The number of carbonyl (C=O) groups excluding carboxylic acids is 1. The predicted molar refractivity (Wildman–Crippen MR) is 107 cm³/mol. The van der Waals surface area contributed by atoms with Crippen LogP contribution in [0.5, 0.6) is 0 Å². The van der Waals surface area contributed by atoms with E-state index in [0.717, 1.165) is 0 Å². The molecule has 1 fully saturated rings. The van der Waals surface area contributed by atoms with Gasteiger partial charge in [-0.1, -0.05) is 11.6 Å². The Morgan fingerprint density at radius 2 is 1.67 bits per heavy atom. The number of hydrogen-bond donors (Lipinski definition) is 1. The highest BCUT2D eigenvalue weighted by Crippen LogP contribution is 2.24. The lowest BCUT2D eigenvalue weighted by Gasteiger charge is -2.31. The van der Waals surface area contributed by atoms with E-state index in [9.17, 15) is 13.2 Å². The number of carbonyl (C=O) groups is 1. The standard InChI is InChI=1S/C19H22ClN3O3S/c1-14-13-17(27(25,26)23-11-9-22(2)10-12-23)7-8-18(14)21-19(24)15-3-5-16(20)6-4-15/h3-8,13H,9-12H2,1-2H3,(H,21,24). The summed E-state index contributed by atoms with van der Waals surface area (Å²) in [6, 6.07) is 11.3. The third kappa shape index (κ3) is 4.50. The number of rotatable bonds is 4. The maximum absolute atomic E-state index is 12.8. The number of benzene rings is 2. The van der Waals surface area contributed by atoms with Gasteiger partial charge in [0.05, 0.1) is 4.90 Å². The Morgan fingerprint density at radius 1 is 1.04 bits per heavy atom. The second-order valence-corrected chi connectivity index (χ2v) is 9.02. The van der Waals surface area contributed by atoms with Crippen LogP contribution in [0.4, 0.5) is 5.69 Å². The van der Waals surface area contributed by atoms with Gasteiger partial charge in [0.2, 0.25) is 10.0 Å². The van der Waals surface area contributed by atoms with Gasteiger partial charge in [-0.2, -0.15) is 4.31 Å². The molecule has 0 spiro atoms. The van der Waals surface area contributed by atoms with Gasteiger partial charge in [-0.25, -0.2) is 8.42 Å². The largest absolute Gasteiger partial charge is 0.322 e. The summed E-state index contributed by atoms with van der Waals surface area (Å²) in [5.41, 5.74) is 1.74. The minimum Gasteiger partial charge on any atom is -0.322 e. The molecule has 144 valence electrons. The number of amides is 1. The molecular formula is C19H22ClN3O3S. The molecule has 1 aliphatic heterocycles. The quantitative estimate of drug-likeness (QED) is 0.846. The topological polar surface area (TPSA) is 69.7 Å². The maximum Gasteiger partial charge on any atom is 0.255 e. The van der Waals surface area contributed by atoms with Crippen LogP contribution >= 0.6 is 11.6 Å². The van der Waals surface area contributed by atoms with Gasteiger partial charge in [0.25, 0.3) is 5.91 Å². The zero-order valence-electron chi connectivity index (χ0n) is 15.3. The van der Waals surface area contributed by atoms with Crippen LogP contribution in [0.2, 0.25) is 5.02 Å². The molecule has 1 N–H and O–H groups in total. The van der Waals surface area contributed by atoms with Gasteiger partial charge < -0.3 is 10.2 Å². The summed E-state index contributed by atoms with van der Waals surface area (Å²) in [7, 11) is -1.55. The zero-order valence-corrected chi connectivity index (χ0v) is 16.8. The van der Waals surface area contributed by atoms with Crippen molar-refractivity contribution in [1.82, 2.24) is 9.21 Å². The molecule has 2 aromatic carbocycles. The molecule has 2 aromatic rings. The molecule has 0 atom stereocenters. The maximum atomic E-state index is 12.8. The van der Waals surface area contributed by atoms with Gasteiger partial charge in [-0.15, -0.1) is 0 Å². The van der Waals surface area contributed by atoms with Crippen molar-refractivity contribution < 1.29 is 13.2 Å². The summed E-state index contributed by atoms with van der Waals surface area (Å²) in [5.74, 6) is -0.274. The van der Waals surface area contributed by atoms with Gasteiger partial charge in [0.1, 0.15) is 0 Å². The highest BCUT2D eigenvalue weighted by molar-refractivity contribution is 7.89. The fourth-order valence-electron chi connectivity index (χ4n) is 2.91. The van der Waals surface area contributed by atoms with Crippen LogP contribution in [0.3, 0.4) is 0 Å². The van der Waals surface area contributed by atoms with Gasteiger partial charge in [-0.05, 0) is 62.0 Å². The van der Waals surface area contributed by atoms with Gasteiger partial charge in [-0.3, -0.25) is 4.79 Å². The first kappa shape index (κ1) is 19.8. The van der Waals surface area contributed by atoms with E-state index in [-0.39, 0.29) is 10.8 Å². The summed E-state index contributed by atoms with van der Waals surface area (Å²) >= 11 is 5.84. The number of nitrogens with zero attached hydrogens (tertiary/aromatic N) is 2. The minimum absolute atomic E-state index is 0.244. The Morgan fingerprint density at radius 3 is 2.26 bits per heavy atom. The second-order valence-electron chi connectivity index (χ2n) is 6.65. The molecule has 3 rings (SSSR count). The summed E-state index contributed by atoms with van der Waals surface area (Å²) < 4.78 is 27.2. The second kappa shape index (κ2) is 7.98. The molecule has 1 amide bonds. The summed E-state index contributed by atoms with van der Waals surface area (Å²) in [6.07, 6.45) is 0. The van der Waals surface area contributed by atoms with Crippen molar-refractivity contribution >= 4 is 33.2 Å². The molecule has 0 aliphatic carbocycles. The Bertz CT molecular complexity index is 937. The van der Waals surface area contributed by atoms with E-state index in [4.69, 9.17) is 11.6 Å².